The Balaban J connectivity index is 1.37. The monoisotopic (exact) mass is 1100 g/mol. The Bertz CT molecular complexity index is 2940. The van der Waals surface area contributed by atoms with Gasteiger partial charge in [-0.05, 0) is 5.19 Å². The quantitative estimate of drug-likeness (QED) is 0.122. The van der Waals surface area contributed by atoms with E-state index in [0.29, 0.717) is 10.4 Å². The lowest BCUT2D eigenvalue weighted by atomic mass is 10.4. The minimum atomic E-state index is -5.37. The Kier molecular flexibility index (Phi) is 14.4. The van der Waals surface area contributed by atoms with E-state index in [4.69, 9.17) is 41.2 Å². The maximum Gasteiger partial charge on any atom is 0.520 e. The Morgan fingerprint density at radius 1 is 0.366 bits per heavy atom. The molecular weight excluding hydrogens is 1050 g/mol. The topological polar surface area (TPSA) is 173 Å². The molecule has 0 radical (unpaired) electrons. The maximum atomic E-state index is 13.9. The van der Waals surface area contributed by atoms with Crippen molar-refractivity contribution in [2.45, 2.75) is 0 Å². The summed E-state index contributed by atoms with van der Waals surface area (Å²) in [6.07, 6.45) is 0. The molecule has 8 aromatic carbocycles. The van der Waals surface area contributed by atoms with Gasteiger partial charge in [-0.25, -0.2) is 0 Å². The van der Waals surface area contributed by atoms with Crippen molar-refractivity contribution in [1.29, 1.82) is 0 Å². The van der Waals surface area contributed by atoms with E-state index in [1.807, 2.05) is 6.07 Å². The molecule has 71 heavy (non-hydrogen) atoms. The van der Waals surface area contributed by atoms with Crippen molar-refractivity contribution in [3.8, 4) is 0 Å². The van der Waals surface area contributed by atoms with Crippen molar-refractivity contribution >= 4 is 123 Å². The van der Waals surface area contributed by atoms with Crippen LogP contribution in [0.4, 0.5) is 0 Å². The zero-order valence-electron chi connectivity index (χ0n) is 38.0. The lowest BCUT2D eigenvalue weighted by Crippen LogP contribution is -2.86. The van der Waals surface area contributed by atoms with E-state index in [1.165, 1.54) is 0 Å². The van der Waals surface area contributed by atoms with E-state index < -0.39 is 70.9 Å². The predicted molar refractivity (Wildman–Crippen MR) is 286 cm³/mol. The van der Waals surface area contributed by atoms with Gasteiger partial charge < -0.3 is 60.3 Å². The van der Waals surface area contributed by atoms with Crippen molar-refractivity contribution < 1.29 is 60.3 Å². The molecule has 360 valence electrons. The highest BCUT2D eigenvalue weighted by atomic mass is 28.6. The second-order valence-corrected chi connectivity index (χ2v) is 39.1. The number of hydrogen-bond acceptors (Lipinski definition) is 14. The highest BCUT2D eigenvalue weighted by Gasteiger charge is 2.74. The molecule has 3 heterocycles. The Morgan fingerprint density at radius 3 is 1.13 bits per heavy atom. The third-order valence-corrected chi connectivity index (χ3v) is 41.7. The van der Waals surface area contributed by atoms with Gasteiger partial charge in [0.25, 0.3) is 0 Å². The van der Waals surface area contributed by atoms with Crippen molar-refractivity contribution in [1.82, 2.24) is 0 Å². The van der Waals surface area contributed by atoms with E-state index in [1.54, 1.807) is 237 Å². The van der Waals surface area contributed by atoms with Crippen LogP contribution in [0.3, 0.4) is 0 Å². The van der Waals surface area contributed by atoms with E-state index in [2.05, 4.69) is 0 Å². The first-order chi connectivity index (χ1) is 34.4. The summed E-state index contributed by atoms with van der Waals surface area (Å²) in [5.74, 6) is 0. The number of rotatable bonds is 11. The van der Waals surface area contributed by atoms with Gasteiger partial charge >= 0.3 is 70.9 Å². The number of fused-ring (bicyclic) bond motifs is 10. The van der Waals surface area contributed by atoms with E-state index in [0.717, 1.165) is 0 Å². The van der Waals surface area contributed by atoms with Crippen LogP contribution in [-0.4, -0.2) is 101 Å². The van der Waals surface area contributed by atoms with Crippen LogP contribution in [0.5, 0.6) is 0 Å². The van der Waals surface area contributed by atoms with Crippen LogP contribution in [-0.2, 0) is 41.2 Å². The third kappa shape index (κ3) is 10.1. The highest BCUT2D eigenvalue weighted by Crippen LogP contribution is 2.36. The van der Waals surface area contributed by atoms with Gasteiger partial charge in [-0.1, -0.05) is 243 Å². The smallest absolute Gasteiger partial charge is 0.422 e. The molecule has 0 aliphatic carbocycles. The van der Waals surface area contributed by atoms with Crippen LogP contribution in [0.25, 0.3) is 0 Å². The van der Waals surface area contributed by atoms with Gasteiger partial charge in [0.05, 0.1) is 0 Å². The van der Waals surface area contributed by atoms with Crippen LogP contribution in [0, 0.1) is 0 Å². The molecule has 0 amide bonds. The maximum absolute atomic E-state index is 13.9. The summed E-state index contributed by atoms with van der Waals surface area (Å²) in [4.78, 5) is 55.0. The SMILES string of the molecule is O[Si](O[SiH3])(O[Si]1(c2ccccc2)O[Si](O)(c2ccccc2)O[SiH](c2ccccc2)O[Si]2(c3ccccc3)O[Si](O)(c3ccccc3)O[Si](c3ccccc3)(O[Si](O)(c3ccccc3)O2)O1)c1ccccc1. The Labute approximate surface area is 423 Å². The largest absolute Gasteiger partial charge is 0.520 e. The molecule has 0 saturated carbocycles. The first kappa shape index (κ1) is 49.7. The summed E-state index contributed by atoms with van der Waals surface area (Å²) >= 11 is 0. The lowest BCUT2D eigenvalue weighted by Gasteiger charge is -2.51. The summed E-state index contributed by atoms with van der Waals surface area (Å²) in [6.45, 7) is 0. The average molecular weight is 1100 g/mol. The first-order valence-electron chi connectivity index (χ1n) is 22.6. The van der Waals surface area contributed by atoms with Crippen LogP contribution in [0.2, 0.25) is 0 Å². The van der Waals surface area contributed by atoms with Gasteiger partial charge in [0.1, 0.15) is 10.5 Å². The van der Waals surface area contributed by atoms with Crippen molar-refractivity contribution in [2.75, 3.05) is 0 Å². The zero-order valence-corrected chi connectivity index (χ0v) is 48.2. The van der Waals surface area contributed by atoms with E-state index in [9.17, 15) is 19.2 Å². The molecule has 11 rings (SSSR count). The van der Waals surface area contributed by atoms with Gasteiger partial charge in [-0.15, -0.1) is 0 Å². The van der Waals surface area contributed by atoms with Crippen molar-refractivity contribution in [3.63, 3.8) is 0 Å². The fourth-order valence-corrected chi connectivity index (χ4v) is 43.6. The van der Waals surface area contributed by atoms with Gasteiger partial charge in [0, 0.05) is 36.3 Å². The molecule has 3 aliphatic heterocycles. The Morgan fingerprint density at radius 2 is 0.704 bits per heavy atom. The van der Waals surface area contributed by atoms with E-state index in [-0.39, 0.29) is 41.6 Å². The van der Waals surface area contributed by atoms with Gasteiger partial charge in [0.2, 0.25) is 0 Å². The fraction of sp³-hybridized carbons (Fsp3) is 0. The third-order valence-electron chi connectivity index (χ3n) is 11.7. The van der Waals surface area contributed by atoms with Gasteiger partial charge in [0.15, 0.2) is 0 Å². The summed E-state index contributed by atoms with van der Waals surface area (Å²) in [5, 5.41) is 2.09. The van der Waals surface area contributed by atoms with Crippen molar-refractivity contribution in [2.24, 2.45) is 0 Å². The molecule has 23 heteroatoms. The second kappa shape index (κ2) is 20.6. The molecule has 3 saturated heterocycles. The summed E-state index contributed by atoms with van der Waals surface area (Å²) < 4.78 is 73.1. The van der Waals surface area contributed by atoms with Crippen LogP contribution >= 0.6 is 0 Å². The molecule has 0 aromatic heterocycles. The molecule has 3 aliphatic rings. The normalized spacial score (nSPS) is 28.9. The fourth-order valence-electron chi connectivity index (χ4n) is 8.23. The second-order valence-electron chi connectivity index (χ2n) is 16.5. The molecule has 2 bridgehead atoms. The molecule has 14 nitrogen and oxygen atoms in total. The van der Waals surface area contributed by atoms with Crippen LogP contribution < -0.4 is 41.5 Å². The molecule has 3 fully saturated rings. The summed E-state index contributed by atoms with van der Waals surface area (Å²) in [5.41, 5.74) is 0. The zero-order chi connectivity index (χ0) is 49.1. The minimum absolute atomic E-state index is 0.0431. The molecule has 0 spiro atoms. The van der Waals surface area contributed by atoms with E-state index >= 15 is 0 Å². The van der Waals surface area contributed by atoms with Crippen LogP contribution in [0.1, 0.15) is 0 Å². The lowest BCUT2D eigenvalue weighted by molar-refractivity contribution is 0.0737. The molecule has 4 N–H and O–H groups in total. The molecule has 6 unspecified atom stereocenters. The summed E-state index contributed by atoms with van der Waals surface area (Å²) in [7, 11) is -39.9. The first-order valence-corrected chi connectivity index (χ1v) is 37.1. The molecular formula is C48H48O14Si9. The molecule has 8 aromatic rings. The van der Waals surface area contributed by atoms with Crippen LogP contribution in [0.15, 0.2) is 243 Å². The standard InChI is InChI=1S/C48H48O14Si9/c49-65(53-63,42-27-11-2-12-28-42)56-70(47-37-21-7-22-38-47)57-66(50,43-29-13-3-14-30-43)54-64(41-25-9-1-10-26-41)55-69(46-35-19-6-20-36-46)58-67(51,44-31-15-4-16-32-44)60-71(62-70,48-39-23-8-24-40-48)61-68(52,59-69)45-33-17-5-18-34-45/h1-40,49-52,64H,63H3. The number of benzene rings is 8. The van der Waals surface area contributed by atoms with Crippen molar-refractivity contribution in [3.05, 3.63) is 243 Å². The highest BCUT2D eigenvalue weighted by molar-refractivity contribution is 7.06. The summed E-state index contributed by atoms with van der Waals surface area (Å²) in [6, 6.07) is 69.2. The van der Waals surface area contributed by atoms with Gasteiger partial charge in [-0.2, -0.15) is 0 Å². The minimum Gasteiger partial charge on any atom is -0.422 e. The average Bonchev–Trinajstić information content (AvgIpc) is 3.42. The predicted octanol–water partition coefficient (Wildman–Crippen LogP) is -0.520. The molecule has 6 atom stereocenters. The van der Waals surface area contributed by atoms with Gasteiger partial charge in [-0.3, -0.25) is 0 Å². The Hall–Kier alpha value is -4.85. The number of hydrogen-bond donors (Lipinski definition) is 4.